The first-order chi connectivity index (χ1) is 10.2. The second kappa shape index (κ2) is 7.93. The van der Waals surface area contributed by atoms with Crippen LogP contribution >= 0.6 is 0 Å². The predicted octanol–water partition coefficient (Wildman–Crippen LogP) is 3.00. The van der Waals surface area contributed by atoms with Crippen LogP contribution in [0.2, 0.25) is 0 Å². The van der Waals surface area contributed by atoms with Crippen molar-refractivity contribution in [3.8, 4) is 0 Å². The smallest absolute Gasteiger partial charge is 0.232 e. The van der Waals surface area contributed by atoms with Crippen molar-refractivity contribution in [1.82, 2.24) is 5.32 Å². The number of nitrogens with one attached hydrogen (secondary N) is 1. The average molecular weight is 303 g/mol. The molecule has 0 spiro atoms. The van der Waals surface area contributed by atoms with E-state index in [4.69, 9.17) is 0 Å². The number of carbonyl (C=O) groups is 1. The molecule has 0 fully saturated rings. The summed E-state index contributed by atoms with van der Waals surface area (Å²) in [6.45, 7) is 2.74. The number of fused-ring (bicyclic) bond motifs is 1. The molecule has 21 heavy (non-hydrogen) atoms. The molecule has 0 aromatic heterocycles. The van der Waals surface area contributed by atoms with Crippen LogP contribution in [-0.4, -0.2) is 22.4 Å². The molecule has 0 heterocycles. The highest BCUT2D eigenvalue weighted by Crippen LogP contribution is 2.19. The number of hydrogen-bond donors (Lipinski definition) is 1. The minimum Gasteiger partial charge on any atom is -0.355 e. The van der Waals surface area contributed by atoms with E-state index >= 15 is 0 Å². The van der Waals surface area contributed by atoms with Gasteiger partial charge in [-0.25, -0.2) is 0 Å². The second-order valence-electron chi connectivity index (χ2n) is 5.07. The molecule has 0 aliphatic heterocycles. The molecule has 1 unspecified atom stereocenters. The maximum Gasteiger partial charge on any atom is 0.232 e. The van der Waals surface area contributed by atoms with Crippen LogP contribution in [0.5, 0.6) is 0 Å². The van der Waals surface area contributed by atoms with Crippen LogP contribution in [0.1, 0.15) is 25.3 Å². The average Bonchev–Trinajstić information content (AvgIpc) is 2.48. The lowest BCUT2D eigenvalue weighted by atomic mass is 10.1. The Hall–Kier alpha value is -1.68. The highest BCUT2D eigenvalue weighted by Gasteiger charge is 2.10. The SMILES string of the molecule is CCCCNC(=O)CS(=O)Cc1cccc2ccccc12. The van der Waals surface area contributed by atoms with Gasteiger partial charge in [0, 0.05) is 23.1 Å². The normalized spacial score (nSPS) is 12.2. The molecule has 1 amide bonds. The summed E-state index contributed by atoms with van der Waals surface area (Å²) in [6.07, 6.45) is 2.00. The first-order valence-corrected chi connectivity index (χ1v) is 8.78. The summed E-state index contributed by atoms with van der Waals surface area (Å²) in [4.78, 5) is 11.7. The topological polar surface area (TPSA) is 46.2 Å². The quantitative estimate of drug-likeness (QED) is 0.799. The van der Waals surface area contributed by atoms with E-state index in [2.05, 4.69) is 12.2 Å². The third-order valence-electron chi connectivity index (χ3n) is 3.34. The van der Waals surface area contributed by atoms with E-state index in [9.17, 15) is 9.00 Å². The monoisotopic (exact) mass is 303 g/mol. The zero-order valence-corrected chi connectivity index (χ0v) is 13.1. The van der Waals surface area contributed by atoms with Crippen LogP contribution in [-0.2, 0) is 21.3 Å². The van der Waals surface area contributed by atoms with Crippen molar-refractivity contribution in [2.75, 3.05) is 12.3 Å². The molecule has 1 N–H and O–H groups in total. The molecule has 4 heteroatoms. The zero-order chi connectivity index (χ0) is 15.1. The molecular weight excluding hydrogens is 282 g/mol. The summed E-state index contributed by atoms with van der Waals surface area (Å²) in [5, 5.41) is 5.05. The first kappa shape index (κ1) is 15.7. The lowest BCUT2D eigenvalue weighted by Crippen LogP contribution is -2.29. The summed E-state index contributed by atoms with van der Waals surface area (Å²) >= 11 is 0. The predicted molar refractivity (Wildman–Crippen MR) is 88.6 cm³/mol. The van der Waals surface area contributed by atoms with E-state index in [1.807, 2.05) is 42.5 Å². The van der Waals surface area contributed by atoms with E-state index in [0.717, 1.165) is 29.2 Å². The van der Waals surface area contributed by atoms with Crippen LogP contribution < -0.4 is 5.32 Å². The number of carbonyl (C=O) groups excluding carboxylic acids is 1. The Morgan fingerprint density at radius 3 is 2.71 bits per heavy atom. The van der Waals surface area contributed by atoms with Gasteiger partial charge in [0.1, 0.15) is 5.75 Å². The molecule has 0 saturated carbocycles. The van der Waals surface area contributed by atoms with Gasteiger partial charge in [-0.15, -0.1) is 0 Å². The Morgan fingerprint density at radius 2 is 1.90 bits per heavy atom. The lowest BCUT2D eigenvalue weighted by Gasteiger charge is -2.07. The maximum absolute atomic E-state index is 12.1. The summed E-state index contributed by atoms with van der Waals surface area (Å²) in [5.41, 5.74) is 1.03. The molecule has 2 aromatic rings. The Morgan fingerprint density at radius 1 is 1.14 bits per heavy atom. The standard InChI is InChI=1S/C17H21NO2S/c1-2-3-11-18-17(19)13-21(20)12-15-9-6-8-14-7-4-5-10-16(14)15/h4-10H,2-3,11-13H2,1H3,(H,18,19). The fourth-order valence-corrected chi connectivity index (χ4v) is 3.34. The van der Waals surface area contributed by atoms with Crippen molar-refractivity contribution in [3.63, 3.8) is 0 Å². The van der Waals surface area contributed by atoms with E-state index in [0.29, 0.717) is 12.3 Å². The van der Waals surface area contributed by atoms with Crippen LogP contribution in [0.25, 0.3) is 10.8 Å². The van der Waals surface area contributed by atoms with E-state index in [-0.39, 0.29) is 11.7 Å². The zero-order valence-electron chi connectivity index (χ0n) is 12.3. The number of hydrogen-bond acceptors (Lipinski definition) is 2. The van der Waals surface area contributed by atoms with Gasteiger partial charge in [0.2, 0.25) is 5.91 Å². The van der Waals surface area contributed by atoms with Crippen LogP contribution in [0.15, 0.2) is 42.5 Å². The van der Waals surface area contributed by atoms with Crippen molar-refractivity contribution in [1.29, 1.82) is 0 Å². The summed E-state index contributed by atoms with van der Waals surface area (Å²) in [7, 11) is -1.17. The lowest BCUT2D eigenvalue weighted by molar-refractivity contribution is -0.118. The summed E-state index contributed by atoms with van der Waals surface area (Å²) in [5.74, 6) is 0.372. The highest BCUT2D eigenvalue weighted by atomic mass is 32.2. The molecule has 0 bridgehead atoms. The molecule has 0 aliphatic carbocycles. The van der Waals surface area contributed by atoms with Crippen molar-refractivity contribution >= 4 is 27.5 Å². The first-order valence-electron chi connectivity index (χ1n) is 7.29. The van der Waals surface area contributed by atoms with Crippen LogP contribution in [0, 0.1) is 0 Å². The van der Waals surface area contributed by atoms with Crippen molar-refractivity contribution in [2.45, 2.75) is 25.5 Å². The van der Waals surface area contributed by atoms with Gasteiger partial charge in [0.15, 0.2) is 0 Å². The molecule has 3 nitrogen and oxygen atoms in total. The number of benzene rings is 2. The van der Waals surface area contributed by atoms with Gasteiger partial charge in [0.25, 0.3) is 0 Å². The number of rotatable bonds is 7. The largest absolute Gasteiger partial charge is 0.355 e. The van der Waals surface area contributed by atoms with Crippen LogP contribution in [0.3, 0.4) is 0 Å². The fraction of sp³-hybridized carbons (Fsp3) is 0.353. The summed E-state index contributed by atoms with van der Waals surface area (Å²) < 4.78 is 12.1. The fourth-order valence-electron chi connectivity index (χ4n) is 2.24. The van der Waals surface area contributed by atoms with Gasteiger partial charge >= 0.3 is 0 Å². The molecule has 2 aromatic carbocycles. The Bertz CT molecular complexity index is 634. The van der Waals surface area contributed by atoms with E-state index in [1.54, 1.807) is 0 Å². The maximum atomic E-state index is 12.1. The molecule has 0 radical (unpaired) electrons. The third kappa shape index (κ3) is 4.67. The third-order valence-corrected chi connectivity index (χ3v) is 4.56. The molecule has 1 atom stereocenters. The summed E-state index contributed by atoms with van der Waals surface area (Å²) in [6, 6.07) is 14.0. The second-order valence-corrected chi connectivity index (χ2v) is 6.53. The van der Waals surface area contributed by atoms with Gasteiger partial charge in [-0.3, -0.25) is 9.00 Å². The van der Waals surface area contributed by atoms with E-state index in [1.165, 1.54) is 0 Å². The van der Waals surface area contributed by atoms with Gasteiger partial charge in [0.05, 0.1) is 0 Å². The highest BCUT2D eigenvalue weighted by molar-refractivity contribution is 7.84. The Labute approximate surface area is 128 Å². The van der Waals surface area contributed by atoms with Gasteiger partial charge in [-0.2, -0.15) is 0 Å². The minimum absolute atomic E-state index is 0.0763. The van der Waals surface area contributed by atoms with Gasteiger partial charge < -0.3 is 5.32 Å². The molecule has 0 aliphatic rings. The van der Waals surface area contributed by atoms with Gasteiger partial charge in [-0.1, -0.05) is 55.8 Å². The van der Waals surface area contributed by atoms with Crippen molar-refractivity contribution < 1.29 is 9.00 Å². The molecule has 112 valence electrons. The van der Waals surface area contributed by atoms with E-state index < -0.39 is 10.8 Å². The van der Waals surface area contributed by atoms with Gasteiger partial charge in [-0.05, 0) is 22.8 Å². The molecule has 2 rings (SSSR count). The van der Waals surface area contributed by atoms with Crippen LogP contribution in [0.4, 0.5) is 0 Å². The number of amides is 1. The Kier molecular flexibility index (Phi) is 5.93. The Balaban J connectivity index is 1.97. The number of unbranched alkanes of at least 4 members (excludes halogenated alkanes) is 1. The van der Waals surface area contributed by atoms with Crippen molar-refractivity contribution in [3.05, 3.63) is 48.0 Å². The van der Waals surface area contributed by atoms with Crippen molar-refractivity contribution in [2.24, 2.45) is 0 Å². The minimum atomic E-state index is -1.17. The molecular formula is C17H21NO2S. The molecule has 0 saturated heterocycles.